The Morgan fingerprint density at radius 2 is 1.94 bits per heavy atom. The third-order valence-corrected chi connectivity index (χ3v) is 5.40. The molecule has 0 saturated carbocycles. The zero-order chi connectivity index (χ0) is 21.4. The molecule has 6 heteroatoms. The molecule has 2 aromatic heterocycles. The summed E-state index contributed by atoms with van der Waals surface area (Å²) < 4.78 is 21.1. The van der Waals surface area contributed by atoms with Gasteiger partial charge in [0.05, 0.1) is 6.42 Å². The van der Waals surface area contributed by atoms with E-state index in [1.165, 1.54) is 12.1 Å². The summed E-state index contributed by atoms with van der Waals surface area (Å²) in [7, 11) is 0. The summed E-state index contributed by atoms with van der Waals surface area (Å²) in [6, 6.07) is 19.5. The number of aromatic nitrogens is 2. The van der Waals surface area contributed by atoms with Gasteiger partial charge in [-0.1, -0.05) is 42.5 Å². The van der Waals surface area contributed by atoms with E-state index in [1.54, 1.807) is 22.9 Å². The van der Waals surface area contributed by atoms with Gasteiger partial charge in [-0.3, -0.25) is 5.32 Å². The smallest absolute Gasteiger partial charge is 0.359 e. The zero-order valence-corrected chi connectivity index (χ0v) is 17.0. The number of nitrogens with one attached hydrogen (secondary N) is 1. The van der Waals surface area contributed by atoms with Crippen LogP contribution in [0.25, 0.3) is 11.3 Å². The number of hydrogen-bond donors (Lipinski definition) is 1. The van der Waals surface area contributed by atoms with Crippen LogP contribution < -0.4 is 9.88 Å². The number of carbonyl (C=O) groups is 1. The minimum atomic E-state index is -0.454. The number of furan rings is 1. The molecule has 4 aromatic rings. The Kier molecular flexibility index (Phi) is 4.82. The van der Waals surface area contributed by atoms with E-state index in [0.717, 1.165) is 22.8 Å². The van der Waals surface area contributed by atoms with Gasteiger partial charge in [-0.05, 0) is 36.8 Å². The molecule has 1 unspecified atom stereocenters. The molecule has 1 aliphatic heterocycles. The summed E-state index contributed by atoms with van der Waals surface area (Å²) in [5.74, 6) is 1.80. The Labute approximate surface area is 179 Å². The first-order valence-electron chi connectivity index (χ1n) is 10.2. The minimum Gasteiger partial charge on any atom is -0.466 e. The Morgan fingerprint density at radius 3 is 2.68 bits per heavy atom. The first kappa shape index (κ1) is 19.2. The lowest BCUT2D eigenvalue weighted by Gasteiger charge is -2.07. The number of fused-ring (bicyclic) bond motifs is 1. The predicted octanol–water partition coefficient (Wildman–Crippen LogP) is 4.34. The summed E-state index contributed by atoms with van der Waals surface area (Å²) in [6.45, 7) is 1.88. The van der Waals surface area contributed by atoms with Gasteiger partial charge in [-0.25, -0.2) is 14.2 Å². The average molecular weight is 414 g/mol. The van der Waals surface area contributed by atoms with E-state index < -0.39 is 6.04 Å². The molecule has 0 bridgehead atoms. The van der Waals surface area contributed by atoms with E-state index in [-0.39, 0.29) is 11.7 Å². The van der Waals surface area contributed by atoms with E-state index in [4.69, 9.17) is 9.40 Å². The van der Waals surface area contributed by atoms with Crippen LogP contribution in [0.3, 0.4) is 0 Å². The van der Waals surface area contributed by atoms with Crippen LogP contribution in [0, 0.1) is 12.7 Å². The Bertz CT molecular complexity index is 1270. The summed E-state index contributed by atoms with van der Waals surface area (Å²) >= 11 is 0. The van der Waals surface area contributed by atoms with Gasteiger partial charge in [0.15, 0.2) is 0 Å². The fourth-order valence-electron chi connectivity index (χ4n) is 3.91. The number of rotatable bonds is 5. The summed E-state index contributed by atoms with van der Waals surface area (Å²) in [5, 5.41) is 3.34. The van der Waals surface area contributed by atoms with Gasteiger partial charge in [-0.15, -0.1) is 0 Å². The predicted molar refractivity (Wildman–Crippen MR) is 114 cm³/mol. The van der Waals surface area contributed by atoms with E-state index in [9.17, 15) is 9.18 Å². The molecular formula is C25H21FN3O2+. The Morgan fingerprint density at radius 1 is 1.10 bits per heavy atom. The standard InChI is InChI=1S/C25H20FN3O2/c1-16-10-11-20(31-16)14-22-25(30)29-15-23(18-8-5-9-19(26)13-18)27-21(24(29)28-22)12-17-6-3-2-4-7-17/h2-11,13,15,22H,12,14H2,1H3/p+1. The molecule has 0 aliphatic carbocycles. The van der Waals surface area contributed by atoms with Gasteiger partial charge >= 0.3 is 11.7 Å². The van der Waals surface area contributed by atoms with Crippen molar-refractivity contribution in [3.8, 4) is 11.3 Å². The summed E-state index contributed by atoms with van der Waals surface area (Å²) in [4.78, 5) is 18.0. The van der Waals surface area contributed by atoms with E-state index in [0.29, 0.717) is 29.9 Å². The molecule has 0 fully saturated rings. The van der Waals surface area contributed by atoms with Gasteiger partial charge in [0.25, 0.3) is 0 Å². The second kappa shape index (κ2) is 7.80. The number of nitrogens with zero attached hydrogens (tertiary/aromatic N) is 2. The van der Waals surface area contributed by atoms with E-state index >= 15 is 0 Å². The fourth-order valence-corrected chi connectivity index (χ4v) is 3.91. The highest BCUT2D eigenvalue weighted by molar-refractivity contribution is 5.82. The third kappa shape index (κ3) is 3.84. The first-order valence-corrected chi connectivity index (χ1v) is 10.2. The van der Waals surface area contributed by atoms with Crippen LogP contribution in [0.5, 0.6) is 0 Å². The molecule has 1 atom stereocenters. The van der Waals surface area contributed by atoms with E-state index in [2.05, 4.69) is 5.32 Å². The van der Waals surface area contributed by atoms with Crippen LogP contribution >= 0.6 is 0 Å². The van der Waals surface area contributed by atoms with Crippen LogP contribution in [0.4, 0.5) is 10.2 Å². The molecule has 3 heterocycles. The number of anilines is 1. The molecule has 2 aromatic carbocycles. The van der Waals surface area contributed by atoms with Gasteiger partial charge in [0.1, 0.15) is 34.9 Å². The Hall–Kier alpha value is -3.80. The van der Waals surface area contributed by atoms with Crippen molar-refractivity contribution in [3.05, 3.63) is 102 Å². The van der Waals surface area contributed by atoms with Crippen LogP contribution in [0.15, 0.2) is 77.3 Å². The lowest BCUT2D eigenvalue weighted by atomic mass is 10.1. The lowest BCUT2D eigenvalue weighted by molar-refractivity contribution is -0.552. The van der Waals surface area contributed by atoms with Crippen molar-refractivity contribution in [2.75, 3.05) is 5.32 Å². The maximum absolute atomic E-state index is 13.8. The van der Waals surface area contributed by atoms with Crippen LogP contribution in [0.1, 0.15) is 27.6 Å². The second-order valence-corrected chi connectivity index (χ2v) is 7.72. The highest BCUT2D eigenvalue weighted by Gasteiger charge is 2.41. The van der Waals surface area contributed by atoms with Crippen LogP contribution in [0.2, 0.25) is 0 Å². The highest BCUT2D eigenvalue weighted by Crippen LogP contribution is 2.25. The molecule has 5 nitrogen and oxygen atoms in total. The minimum absolute atomic E-state index is 0.0848. The lowest BCUT2D eigenvalue weighted by Crippen LogP contribution is -2.44. The summed E-state index contributed by atoms with van der Waals surface area (Å²) in [5.41, 5.74) is 2.99. The molecule has 31 heavy (non-hydrogen) atoms. The molecule has 1 N–H and O–H groups in total. The molecule has 5 rings (SSSR count). The van der Waals surface area contributed by atoms with Crippen molar-refractivity contribution in [2.24, 2.45) is 0 Å². The molecule has 0 spiro atoms. The van der Waals surface area contributed by atoms with Gasteiger partial charge in [0.2, 0.25) is 6.04 Å². The van der Waals surface area contributed by atoms with Crippen molar-refractivity contribution in [3.63, 3.8) is 0 Å². The maximum atomic E-state index is 13.8. The molecular weight excluding hydrogens is 393 g/mol. The number of hydrogen-bond acceptors (Lipinski definition) is 4. The number of aryl methyl sites for hydroxylation is 1. The largest absolute Gasteiger partial charge is 0.466 e. The number of benzene rings is 2. The summed E-state index contributed by atoms with van der Waals surface area (Å²) in [6.07, 6.45) is 2.67. The number of halogens is 1. The molecule has 154 valence electrons. The van der Waals surface area contributed by atoms with Gasteiger partial charge in [-0.2, -0.15) is 4.57 Å². The van der Waals surface area contributed by atoms with Gasteiger partial charge in [0, 0.05) is 12.0 Å². The van der Waals surface area contributed by atoms with Crippen LogP contribution in [-0.2, 0) is 12.8 Å². The quantitative estimate of drug-likeness (QED) is 0.494. The number of carbonyl (C=O) groups excluding carboxylic acids is 1. The molecule has 0 amide bonds. The van der Waals surface area contributed by atoms with E-state index in [1.807, 2.05) is 49.4 Å². The average Bonchev–Trinajstić information content (AvgIpc) is 3.32. The molecule has 0 saturated heterocycles. The van der Waals surface area contributed by atoms with Crippen molar-refractivity contribution in [1.29, 1.82) is 0 Å². The SMILES string of the molecule is Cc1ccc(CC2Nc3c(Cc4ccccc4)nc(-c4cccc(F)c4)c[n+]3C2=O)o1. The van der Waals surface area contributed by atoms with Gasteiger partial charge < -0.3 is 4.42 Å². The maximum Gasteiger partial charge on any atom is 0.359 e. The normalized spacial score (nSPS) is 15.0. The third-order valence-electron chi connectivity index (χ3n) is 5.40. The van der Waals surface area contributed by atoms with Crippen molar-refractivity contribution >= 4 is 11.7 Å². The molecule has 0 radical (unpaired) electrons. The first-order chi connectivity index (χ1) is 15.1. The monoisotopic (exact) mass is 414 g/mol. The highest BCUT2D eigenvalue weighted by atomic mass is 19.1. The van der Waals surface area contributed by atoms with Crippen molar-refractivity contribution < 1.29 is 18.2 Å². The topological polar surface area (TPSA) is 59.0 Å². The second-order valence-electron chi connectivity index (χ2n) is 7.72. The zero-order valence-electron chi connectivity index (χ0n) is 17.0. The van der Waals surface area contributed by atoms with Crippen LogP contribution in [-0.4, -0.2) is 16.9 Å². The fraction of sp³-hybridized carbons (Fsp3) is 0.160. The van der Waals surface area contributed by atoms with Crippen molar-refractivity contribution in [1.82, 2.24) is 4.98 Å². The van der Waals surface area contributed by atoms with Crippen molar-refractivity contribution in [2.45, 2.75) is 25.8 Å². The molecule has 1 aliphatic rings. The Balaban J connectivity index is 1.56.